The Bertz CT molecular complexity index is 634. The van der Waals surface area contributed by atoms with E-state index in [1.54, 1.807) is 0 Å². The highest BCUT2D eigenvalue weighted by atomic mass is 19.4. The molecule has 20 heavy (non-hydrogen) atoms. The van der Waals surface area contributed by atoms with Crippen LogP contribution in [0.15, 0.2) is 30.5 Å². The molecule has 1 atom stereocenters. The summed E-state index contributed by atoms with van der Waals surface area (Å²) in [7, 11) is 0. The number of nitrogens with zero attached hydrogens (tertiary/aromatic N) is 2. The number of halogens is 4. The van der Waals surface area contributed by atoms with Gasteiger partial charge in [-0.1, -0.05) is 12.1 Å². The van der Waals surface area contributed by atoms with Crippen molar-refractivity contribution in [3.05, 3.63) is 53.1 Å². The van der Waals surface area contributed by atoms with E-state index < -0.39 is 29.3 Å². The Kier molecular flexibility index (Phi) is 3.61. The molecule has 0 N–H and O–H groups in total. The van der Waals surface area contributed by atoms with Gasteiger partial charge >= 0.3 is 6.18 Å². The Hall–Kier alpha value is -2.18. The van der Waals surface area contributed by atoms with Gasteiger partial charge in [-0.3, -0.25) is 9.48 Å². The first-order valence-corrected chi connectivity index (χ1v) is 5.70. The van der Waals surface area contributed by atoms with Gasteiger partial charge in [-0.25, -0.2) is 4.39 Å². The minimum atomic E-state index is -4.71. The van der Waals surface area contributed by atoms with E-state index in [9.17, 15) is 22.4 Å². The maximum atomic E-state index is 13.1. The third-order valence-corrected chi connectivity index (χ3v) is 2.92. The molecule has 0 aliphatic heterocycles. The van der Waals surface area contributed by atoms with Crippen LogP contribution < -0.4 is 0 Å². The van der Waals surface area contributed by atoms with E-state index in [0.717, 1.165) is 12.3 Å². The Morgan fingerprint density at radius 2 is 2.05 bits per heavy atom. The van der Waals surface area contributed by atoms with Crippen LogP contribution in [-0.4, -0.2) is 16.1 Å². The first kappa shape index (κ1) is 14.2. The fourth-order valence-electron chi connectivity index (χ4n) is 1.96. The monoisotopic (exact) mass is 286 g/mol. The van der Waals surface area contributed by atoms with Crippen molar-refractivity contribution in [1.82, 2.24) is 9.78 Å². The number of hydrogen-bond donors (Lipinski definition) is 0. The summed E-state index contributed by atoms with van der Waals surface area (Å²) in [6.07, 6.45) is -3.76. The lowest BCUT2D eigenvalue weighted by molar-refractivity contribution is -0.144. The number of aromatic nitrogens is 2. The molecule has 1 aromatic carbocycles. The van der Waals surface area contributed by atoms with Crippen LogP contribution in [0.2, 0.25) is 0 Å². The largest absolute Gasteiger partial charge is 0.433 e. The number of carbonyl (C=O) groups excluding carboxylic acids is 1. The van der Waals surface area contributed by atoms with Gasteiger partial charge in [0.15, 0.2) is 12.0 Å². The predicted octanol–water partition coefficient (Wildman–Crippen LogP) is 3.46. The second-order valence-corrected chi connectivity index (χ2v) is 4.24. The molecule has 0 spiro atoms. The van der Waals surface area contributed by atoms with Crippen molar-refractivity contribution in [2.75, 3.05) is 0 Å². The molecular formula is C13H10F4N2O. The Balaban J connectivity index is 2.53. The number of carbonyl (C=O) groups is 1. The quantitative estimate of drug-likeness (QED) is 0.639. The zero-order chi connectivity index (χ0) is 14.9. The molecule has 0 saturated carbocycles. The van der Waals surface area contributed by atoms with Gasteiger partial charge in [0.05, 0.1) is 17.8 Å². The normalized spacial score (nSPS) is 13.2. The third kappa shape index (κ3) is 2.56. The zero-order valence-electron chi connectivity index (χ0n) is 10.4. The molecule has 106 valence electrons. The summed E-state index contributed by atoms with van der Waals surface area (Å²) in [5.41, 5.74) is -1.35. The van der Waals surface area contributed by atoms with Gasteiger partial charge in [0.1, 0.15) is 5.82 Å². The van der Waals surface area contributed by atoms with E-state index in [1.807, 2.05) is 0 Å². The first-order valence-electron chi connectivity index (χ1n) is 5.70. The molecule has 1 heterocycles. The van der Waals surface area contributed by atoms with Gasteiger partial charge < -0.3 is 0 Å². The summed E-state index contributed by atoms with van der Waals surface area (Å²) >= 11 is 0. The SMILES string of the molecule is CC(c1cccc(F)c1)n1ncc(C=O)c1C(F)(F)F. The van der Waals surface area contributed by atoms with E-state index in [4.69, 9.17) is 0 Å². The third-order valence-electron chi connectivity index (χ3n) is 2.92. The molecule has 1 unspecified atom stereocenters. The fraction of sp³-hybridized carbons (Fsp3) is 0.231. The second-order valence-electron chi connectivity index (χ2n) is 4.24. The molecule has 0 amide bonds. The van der Waals surface area contributed by atoms with Crippen LogP contribution in [0, 0.1) is 5.82 Å². The highest BCUT2D eigenvalue weighted by molar-refractivity contribution is 5.76. The van der Waals surface area contributed by atoms with Crippen molar-refractivity contribution in [2.24, 2.45) is 0 Å². The minimum absolute atomic E-state index is 0.102. The maximum Gasteiger partial charge on any atom is 0.433 e. The van der Waals surface area contributed by atoms with E-state index >= 15 is 0 Å². The standard InChI is InChI=1S/C13H10F4N2O/c1-8(9-3-2-4-11(14)5-9)19-12(13(15,16)17)10(7-20)6-18-19/h2-8H,1H3. The van der Waals surface area contributed by atoms with Crippen LogP contribution in [0.4, 0.5) is 17.6 Å². The van der Waals surface area contributed by atoms with Crippen LogP contribution in [0.5, 0.6) is 0 Å². The molecule has 2 aromatic rings. The molecule has 2 rings (SSSR count). The van der Waals surface area contributed by atoms with Gasteiger partial charge in [-0.2, -0.15) is 18.3 Å². The molecule has 0 fully saturated rings. The average molecular weight is 286 g/mol. The van der Waals surface area contributed by atoms with Crippen LogP contribution in [0.3, 0.4) is 0 Å². The molecule has 0 aliphatic rings. The highest BCUT2D eigenvalue weighted by Gasteiger charge is 2.39. The summed E-state index contributed by atoms with van der Waals surface area (Å²) in [5.74, 6) is -0.550. The summed E-state index contributed by atoms with van der Waals surface area (Å²) in [6.45, 7) is 1.45. The van der Waals surface area contributed by atoms with Crippen molar-refractivity contribution in [3.8, 4) is 0 Å². The van der Waals surface area contributed by atoms with Gasteiger partial charge in [-0.05, 0) is 24.6 Å². The molecule has 0 radical (unpaired) electrons. The Labute approximate surface area is 111 Å². The number of hydrogen-bond acceptors (Lipinski definition) is 2. The lowest BCUT2D eigenvalue weighted by atomic mass is 10.1. The van der Waals surface area contributed by atoms with Crippen molar-refractivity contribution < 1.29 is 22.4 Å². The smallest absolute Gasteiger partial charge is 0.298 e. The molecule has 0 saturated heterocycles. The summed E-state index contributed by atoms with van der Waals surface area (Å²) in [6, 6.07) is 4.37. The maximum absolute atomic E-state index is 13.1. The van der Waals surface area contributed by atoms with Crippen LogP contribution >= 0.6 is 0 Å². The number of benzene rings is 1. The minimum Gasteiger partial charge on any atom is -0.298 e. The van der Waals surface area contributed by atoms with Gasteiger partial charge in [0.2, 0.25) is 0 Å². The molecule has 7 heteroatoms. The van der Waals surface area contributed by atoms with Crippen LogP contribution in [0.25, 0.3) is 0 Å². The summed E-state index contributed by atoms with van der Waals surface area (Å²) < 4.78 is 52.8. The lowest BCUT2D eigenvalue weighted by Crippen LogP contribution is -2.20. The Morgan fingerprint density at radius 3 is 2.60 bits per heavy atom. The van der Waals surface area contributed by atoms with Crippen molar-refractivity contribution in [3.63, 3.8) is 0 Å². The molecule has 1 aromatic heterocycles. The zero-order valence-corrected chi connectivity index (χ0v) is 10.4. The fourth-order valence-corrected chi connectivity index (χ4v) is 1.96. The van der Waals surface area contributed by atoms with E-state index in [1.165, 1.54) is 25.1 Å². The molecule has 3 nitrogen and oxygen atoms in total. The average Bonchev–Trinajstić information content (AvgIpc) is 2.81. The Morgan fingerprint density at radius 1 is 1.35 bits per heavy atom. The highest BCUT2D eigenvalue weighted by Crippen LogP contribution is 2.34. The topological polar surface area (TPSA) is 34.9 Å². The number of rotatable bonds is 3. The lowest BCUT2D eigenvalue weighted by Gasteiger charge is -2.18. The van der Waals surface area contributed by atoms with Crippen molar-refractivity contribution in [1.29, 1.82) is 0 Å². The molecule has 0 bridgehead atoms. The van der Waals surface area contributed by atoms with Crippen LogP contribution in [0.1, 0.15) is 34.6 Å². The first-order chi connectivity index (χ1) is 9.34. The van der Waals surface area contributed by atoms with E-state index in [2.05, 4.69) is 5.10 Å². The van der Waals surface area contributed by atoms with Gasteiger partial charge in [0, 0.05) is 0 Å². The predicted molar refractivity (Wildman–Crippen MR) is 62.8 cm³/mol. The van der Waals surface area contributed by atoms with Gasteiger partial charge in [0.25, 0.3) is 0 Å². The second kappa shape index (κ2) is 5.07. The summed E-state index contributed by atoms with van der Waals surface area (Å²) in [5, 5.41) is 3.60. The van der Waals surface area contributed by atoms with Gasteiger partial charge in [-0.15, -0.1) is 0 Å². The van der Waals surface area contributed by atoms with Crippen LogP contribution in [-0.2, 0) is 6.18 Å². The summed E-state index contributed by atoms with van der Waals surface area (Å²) in [4.78, 5) is 10.7. The van der Waals surface area contributed by atoms with E-state index in [0.29, 0.717) is 10.2 Å². The molecular weight excluding hydrogens is 276 g/mol. The number of alkyl halides is 3. The van der Waals surface area contributed by atoms with Crippen molar-refractivity contribution in [2.45, 2.75) is 19.1 Å². The molecule has 0 aliphatic carbocycles. The van der Waals surface area contributed by atoms with E-state index in [-0.39, 0.29) is 6.29 Å². The number of aldehydes is 1. The van der Waals surface area contributed by atoms with Crippen molar-refractivity contribution >= 4 is 6.29 Å².